The third kappa shape index (κ3) is 6.64. The molecule has 0 heterocycles. The second kappa shape index (κ2) is 10.9. The Hall–Kier alpha value is -3.73. The molecular weight excluding hydrogens is 390 g/mol. The Balaban J connectivity index is 1.49. The van der Waals surface area contributed by atoms with Crippen LogP contribution >= 0.6 is 0 Å². The molecular formula is C26H25NO4. The van der Waals surface area contributed by atoms with Crippen molar-refractivity contribution in [3.8, 4) is 5.75 Å². The van der Waals surface area contributed by atoms with E-state index >= 15 is 0 Å². The third-order valence-corrected chi connectivity index (χ3v) is 4.81. The molecule has 5 heteroatoms. The lowest BCUT2D eigenvalue weighted by Gasteiger charge is -2.08. The molecule has 0 unspecified atom stereocenters. The van der Waals surface area contributed by atoms with Crippen molar-refractivity contribution in [3.63, 3.8) is 0 Å². The van der Waals surface area contributed by atoms with E-state index in [1.165, 1.54) is 6.92 Å². The maximum atomic E-state index is 12.4. The summed E-state index contributed by atoms with van der Waals surface area (Å²) in [5.41, 5.74) is 2.90. The highest BCUT2D eigenvalue weighted by atomic mass is 16.5. The Morgan fingerprint density at radius 1 is 0.774 bits per heavy atom. The Morgan fingerprint density at radius 3 is 2.03 bits per heavy atom. The highest BCUT2D eigenvalue weighted by Gasteiger charge is 2.10. The molecule has 3 rings (SSSR count). The predicted molar refractivity (Wildman–Crippen MR) is 120 cm³/mol. The highest BCUT2D eigenvalue weighted by molar-refractivity contribution is 6.09. The van der Waals surface area contributed by atoms with Gasteiger partial charge in [0.1, 0.15) is 5.75 Å². The van der Waals surface area contributed by atoms with Crippen LogP contribution in [0.25, 0.3) is 0 Å². The first-order valence-corrected chi connectivity index (χ1v) is 10.2. The zero-order valence-electron chi connectivity index (χ0n) is 17.5. The van der Waals surface area contributed by atoms with Gasteiger partial charge in [-0.1, -0.05) is 54.6 Å². The van der Waals surface area contributed by atoms with Gasteiger partial charge in [0.15, 0.2) is 18.2 Å². The van der Waals surface area contributed by atoms with Gasteiger partial charge in [0.2, 0.25) is 5.91 Å². The minimum absolute atomic E-state index is 0.0293. The smallest absolute Gasteiger partial charge is 0.216 e. The summed E-state index contributed by atoms with van der Waals surface area (Å²) in [7, 11) is 0. The number of carbonyl (C=O) groups excluding carboxylic acids is 3. The van der Waals surface area contributed by atoms with Crippen LogP contribution in [0.3, 0.4) is 0 Å². The van der Waals surface area contributed by atoms with Crippen molar-refractivity contribution in [2.45, 2.75) is 19.8 Å². The summed E-state index contributed by atoms with van der Waals surface area (Å²) in [6.07, 6.45) is 1.68. The van der Waals surface area contributed by atoms with Crippen LogP contribution < -0.4 is 10.1 Å². The summed E-state index contributed by atoms with van der Waals surface area (Å²) in [6, 6.07) is 23.3. The number of nitrogens with one attached hydrogen (secondary N) is 1. The van der Waals surface area contributed by atoms with Crippen LogP contribution in [0.5, 0.6) is 5.75 Å². The first kappa shape index (κ1) is 22.0. The van der Waals surface area contributed by atoms with E-state index in [1.54, 1.807) is 48.5 Å². The molecule has 0 spiro atoms. The van der Waals surface area contributed by atoms with Crippen molar-refractivity contribution in [2.75, 3.05) is 13.2 Å². The molecule has 0 atom stereocenters. The van der Waals surface area contributed by atoms with Gasteiger partial charge in [-0.2, -0.15) is 0 Å². The average molecular weight is 415 g/mol. The molecule has 1 N–H and O–H groups in total. The summed E-state index contributed by atoms with van der Waals surface area (Å²) < 4.78 is 5.59. The molecule has 0 fully saturated rings. The van der Waals surface area contributed by atoms with E-state index in [0.29, 0.717) is 29.0 Å². The number of ether oxygens (including phenoxy) is 1. The van der Waals surface area contributed by atoms with Crippen LogP contribution in [0.1, 0.15) is 45.2 Å². The summed E-state index contributed by atoms with van der Waals surface area (Å²) in [6.45, 7) is 2.06. The van der Waals surface area contributed by atoms with Crippen molar-refractivity contribution in [3.05, 3.63) is 101 Å². The quantitative estimate of drug-likeness (QED) is 0.397. The summed E-state index contributed by atoms with van der Waals surface area (Å²) >= 11 is 0. The molecule has 1 amide bonds. The first-order chi connectivity index (χ1) is 15.0. The van der Waals surface area contributed by atoms with Gasteiger partial charge < -0.3 is 10.1 Å². The number of rotatable bonds is 10. The predicted octanol–water partition coefficient (Wildman–Crippen LogP) is 4.25. The third-order valence-electron chi connectivity index (χ3n) is 4.81. The summed E-state index contributed by atoms with van der Waals surface area (Å²) in [4.78, 5) is 35.7. The highest BCUT2D eigenvalue weighted by Crippen LogP contribution is 2.16. The molecule has 5 nitrogen and oxygen atoms in total. The molecule has 0 aliphatic carbocycles. The van der Waals surface area contributed by atoms with Crippen LogP contribution in [0.4, 0.5) is 0 Å². The van der Waals surface area contributed by atoms with E-state index in [-0.39, 0.29) is 24.1 Å². The Kier molecular flexibility index (Phi) is 7.71. The number of carbonyl (C=O) groups is 3. The molecule has 31 heavy (non-hydrogen) atoms. The number of Topliss-reactive ketones (excluding diaryl/α,β-unsaturated/α-hetero) is 1. The van der Waals surface area contributed by atoms with Crippen molar-refractivity contribution in [2.24, 2.45) is 0 Å². The molecule has 0 saturated heterocycles. The average Bonchev–Trinajstić information content (AvgIpc) is 2.81. The topological polar surface area (TPSA) is 72.5 Å². The van der Waals surface area contributed by atoms with Gasteiger partial charge in [0.25, 0.3) is 0 Å². The zero-order valence-corrected chi connectivity index (χ0v) is 17.5. The minimum atomic E-state index is -0.116. The van der Waals surface area contributed by atoms with Crippen LogP contribution in [-0.2, 0) is 11.2 Å². The normalized spacial score (nSPS) is 10.4. The molecule has 158 valence electrons. The van der Waals surface area contributed by atoms with Gasteiger partial charge in [0.05, 0.1) is 0 Å². The van der Waals surface area contributed by atoms with Crippen molar-refractivity contribution < 1.29 is 19.1 Å². The molecule has 0 aliphatic rings. The van der Waals surface area contributed by atoms with E-state index in [1.807, 2.05) is 30.3 Å². The van der Waals surface area contributed by atoms with Gasteiger partial charge in [-0.05, 0) is 42.7 Å². The van der Waals surface area contributed by atoms with Gasteiger partial charge in [0, 0.05) is 30.2 Å². The second-order valence-electron chi connectivity index (χ2n) is 7.21. The number of aryl methyl sites for hydroxylation is 1. The largest absolute Gasteiger partial charge is 0.485 e. The van der Waals surface area contributed by atoms with Crippen molar-refractivity contribution in [1.82, 2.24) is 5.32 Å². The number of hydrogen-bond acceptors (Lipinski definition) is 4. The first-order valence-electron chi connectivity index (χ1n) is 10.2. The molecule has 0 bridgehead atoms. The monoisotopic (exact) mass is 415 g/mol. The van der Waals surface area contributed by atoms with Crippen LogP contribution in [0, 0.1) is 0 Å². The minimum Gasteiger partial charge on any atom is -0.485 e. The van der Waals surface area contributed by atoms with Crippen molar-refractivity contribution in [1.29, 1.82) is 0 Å². The standard InChI is InChI=1S/C26H25NO4/c1-19(28)27-17-5-6-20-9-11-21(12-10-20)25(29)18-31-24-15-13-23(14-16-24)26(30)22-7-3-2-4-8-22/h2-4,7-16H,5-6,17-18H2,1H3,(H,27,28). The van der Waals surface area contributed by atoms with Gasteiger partial charge in [-0.3, -0.25) is 14.4 Å². The fourth-order valence-electron chi connectivity index (χ4n) is 3.11. The van der Waals surface area contributed by atoms with E-state index in [9.17, 15) is 14.4 Å². The second-order valence-corrected chi connectivity index (χ2v) is 7.21. The lowest BCUT2D eigenvalue weighted by molar-refractivity contribution is -0.118. The fraction of sp³-hybridized carbons (Fsp3) is 0.192. The van der Waals surface area contributed by atoms with Gasteiger partial charge in [-0.25, -0.2) is 0 Å². The Bertz CT molecular complexity index is 1030. The SMILES string of the molecule is CC(=O)NCCCc1ccc(C(=O)COc2ccc(C(=O)c3ccccc3)cc2)cc1. The van der Waals surface area contributed by atoms with E-state index in [4.69, 9.17) is 4.74 Å². The van der Waals surface area contributed by atoms with Crippen molar-refractivity contribution >= 4 is 17.5 Å². The molecule has 0 saturated carbocycles. The lowest BCUT2D eigenvalue weighted by atomic mass is 10.0. The molecule has 3 aromatic rings. The summed E-state index contributed by atoms with van der Waals surface area (Å²) in [5.74, 6) is 0.334. The molecule has 3 aromatic carbocycles. The van der Waals surface area contributed by atoms with Crippen LogP contribution in [0.2, 0.25) is 0 Å². The number of benzene rings is 3. The number of ketones is 2. The molecule has 0 radical (unpaired) electrons. The van der Waals surface area contributed by atoms with Gasteiger partial charge >= 0.3 is 0 Å². The molecule has 0 aliphatic heterocycles. The van der Waals surface area contributed by atoms with E-state index < -0.39 is 0 Å². The maximum absolute atomic E-state index is 12.4. The fourth-order valence-corrected chi connectivity index (χ4v) is 3.11. The lowest BCUT2D eigenvalue weighted by Crippen LogP contribution is -2.21. The van der Waals surface area contributed by atoms with Crippen LogP contribution in [0.15, 0.2) is 78.9 Å². The Morgan fingerprint density at radius 2 is 1.39 bits per heavy atom. The number of hydrogen-bond donors (Lipinski definition) is 1. The summed E-state index contributed by atoms with van der Waals surface area (Å²) in [5, 5.41) is 2.77. The maximum Gasteiger partial charge on any atom is 0.216 e. The van der Waals surface area contributed by atoms with Gasteiger partial charge in [-0.15, -0.1) is 0 Å². The Labute approximate surface area is 182 Å². The zero-order chi connectivity index (χ0) is 22.1. The van der Waals surface area contributed by atoms with E-state index in [2.05, 4.69) is 5.32 Å². The van der Waals surface area contributed by atoms with Crippen LogP contribution in [-0.4, -0.2) is 30.6 Å². The molecule has 0 aromatic heterocycles. The van der Waals surface area contributed by atoms with E-state index in [0.717, 1.165) is 18.4 Å². The number of amides is 1.